The number of aryl methyl sites for hydroxylation is 1. The molecule has 0 amide bonds. The highest BCUT2D eigenvalue weighted by Crippen LogP contribution is 2.46. The SMILES string of the molecule is Cc1nc(N2CCC3(CC2)Oc2ncccc2[C@H]3N)c2ccnn2c1-c1cccc(F)c1Cl. The topological polar surface area (TPSA) is 81.6 Å². The van der Waals surface area contributed by atoms with Gasteiger partial charge < -0.3 is 15.4 Å². The number of halogens is 2. The summed E-state index contributed by atoms with van der Waals surface area (Å²) in [5.41, 5.74) is 9.92. The van der Waals surface area contributed by atoms with Gasteiger partial charge in [-0.25, -0.2) is 18.9 Å². The summed E-state index contributed by atoms with van der Waals surface area (Å²) in [6.45, 7) is 3.36. The minimum absolute atomic E-state index is 0.0624. The van der Waals surface area contributed by atoms with Crippen LogP contribution in [-0.4, -0.2) is 38.3 Å². The Bertz CT molecular complexity index is 1380. The molecule has 2 aliphatic heterocycles. The maximum Gasteiger partial charge on any atom is 0.218 e. The molecule has 1 atom stereocenters. The fraction of sp³-hybridized carbons (Fsp3) is 0.292. The van der Waals surface area contributed by atoms with Crippen molar-refractivity contribution in [2.75, 3.05) is 18.0 Å². The van der Waals surface area contributed by atoms with Crippen molar-refractivity contribution >= 4 is 22.9 Å². The fourth-order valence-electron chi connectivity index (χ4n) is 5.08. The number of nitrogens with zero attached hydrogens (tertiary/aromatic N) is 5. The lowest BCUT2D eigenvalue weighted by molar-refractivity contribution is 0.0398. The zero-order valence-corrected chi connectivity index (χ0v) is 18.8. The van der Waals surface area contributed by atoms with Crippen LogP contribution >= 0.6 is 11.6 Å². The molecule has 168 valence electrons. The molecule has 5 heterocycles. The fourth-order valence-corrected chi connectivity index (χ4v) is 5.29. The predicted octanol–water partition coefficient (Wildman–Crippen LogP) is 4.32. The summed E-state index contributed by atoms with van der Waals surface area (Å²) >= 11 is 6.29. The molecule has 2 N–H and O–H groups in total. The minimum Gasteiger partial charge on any atom is -0.469 e. The first-order valence-corrected chi connectivity index (χ1v) is 11.3. The normalized spacial score (nSPS) is 19.2. The summed E-state index contributed by atoms with van der Waals surface area (Å²) in [5, 5.41) is 4.57. The molecule has 7 nitrogen and oxygen atoms in total. The molecule has 0 bridgehead atoms. The molecule has 6 rings (SSSR count). The van der Waals surface area contributed by atoms with E-state index < -0.39 is 11.4 Å². The summed E-state index contributed by atoms with van der Waals surface area (Å²) in [7, 11) is 0. The van der Waals surface area contributed by atoms with Crippen LogP contribution in [0, 0.1) is 12.7 Å². The second-order valence-corrected chi connectivity index (χ2v) is 9.01. The molecular weight excluding hydrogens is 443 g/mol. The summed E-state index contributed by atoms with van der Waals surface area (Å²) < 4.78 is 22.2. The van der Waals surface area contributed by atoms with Crippen molar-refractivity contribution < 1.29 is 9.13 Å². The van der Waals surface area contributed by atoms with Gasteiger partial charge in [0.25, 0.3) is 0 Å². The van der Waals surface area contributed by atoms with Gasteiger partial charge in [0, 0.05) is 43.3 Å². The van der Waals surface area contributed by atoms with E-state index in [4.69, 9.17) is 27.1 Å². The van der Waals surface area contributed by atoms with Crippen molar-refractivity contribution in [2.24, 2.45) is 5.73 Å². The van der Waals surface area contributed by atoms with Crippen LogP contribution in [0.2, 0.25) is 5.02 Å². The molecule has 3 aromatic heterocycles. The molecule has 2 aliphatic rings. The Balaban J connectivity index is 1.34. The Morgan fingerprint density at radius 3 is 2.76 bits per heavy atom. The first-order valence-electron chi connectivity index (χ1n) is 10.9. The van der Waals surface area contributed by atoms with Crippen LogP contribution in [0.15, 0.2) is 48.8 Å². The molecule has 4 aromatic rings. The quantitative estimate of drug-likeness (QED) is 0.475. The molecule has 1 saturated heterocycles. The highest BCUT2D eigenvalue weighted by atomic mass is 35.5. The largest absolute Gasteiger partial charge is 0.469 e. The van der Waals surface area contributed by atoms with Crippen LogP contribution in [0.5, 0.6) is 5.88 Å². The maximum absolute atomic E-state index is 14.2. The second kappa shape index (κ2) is 7.40. The third-order valence-corrected chi connectivity index (χ3v) is 7.20. The van der Waals surface area contributed by atoms with Crippen LogP contribution < -0.4 is 15.4 Å². The van der Waals surface area contributed by atoms with E-state index in [1.165, 1.54) is 6.07 Å². The average molecular weight is 465 g/mol. The number of nitrogens with two attached hydrogens (primary N) is 1. The van der Waals surface area contributed by atoms with E-state index >= 15 is 0 Å². The number of hydrogen-bond donors (Lipinski definition) is 1. The Morgan fingerprint density at radius 1 is 1.15 bits per heavy atom. The van der Waals surface area contributed by atoms with Gasteiger partial charge in [0.15, 0.2) is 5.82 Å². The number of anilines is 1. The molecule has 0 unspecified atom stereocenters. The minimum atomic E-state index is -0.470. The number of benzene rings is 1. The molecular formula is C24H22ClFN6O. The van der Waals surface area contributed by atoms with Crippen molar-refractivity contribution in [1.29, 1.82) is 0 Å². The number of pyridine rings is 1. The van der Waals surface area contributed by atoms with Gasteiger partial charge >= 0.3 is 0 Å². The third-order valence-electron chi connectivity index (χ3n) is 6.82. The van der Waals surface area contributed by atoms with Crippen molar-refractivity contribution in [1.82, 2.24) is 19.6 Å². The molecule has 0 radical (unpaired) electrons. The predicted molar refractivity (Wildman–Crippen MR) is 124 cm³/mol. The Labute approximate surface area is 195 Å². The number of rotatable bonds is 2. The second-order valence-electron chi connectivity index (χ2n) is 8.63. The van der Waals surface area contributed by atoms with E-state index in [0.717, 1.165) is 48.5 Å². The van der Waals surface area contributed by atoms with E-state index in [-0.39, 0.29) is 11.1 Å². The van der Waals surface area contributed by atoms with Crippen LogP contribution in [0.4, 0.5) is 10.2 Å². The van der Waals surface area contributed by atoms with Gasteiger partial charge in [-0.3, -0.25) is 0 Å². The maximum atomic E-state index is 14.2. The summed E-state index contributed by atoms with van der Waals surface area (Å²) in [5.74, 6) is 1.00. The van der Waals surface area contributed by atoms with Crippen LogP contribution in [-0.2, 0) is 0 Å². The lowest BCUT2D eigenvalue weighted by atomic mass is 9.83. The lowest BCUT2D eigenvalue weighted by Crippen LogP contribution is -2.51. The van der Waals surface area contributed by atoms with Gasteiger partial charge in [0.1, 0.15) is 16.9 Å². The molecule has 1 aromatic carbocycles. The smallest absolute Gasteiger partial charge is 0.218 e. The number of ether oxygens (including phenoxy) is 1. The van der Waals surface area contributed by atoms with Gasteiger partial charge in [0.05, 0.1) is 28.6 Å². The van der Waals surface area contributed by atoms with Gasteiger partial charge in [-0.2, -0.15) is 5.10 Å². The monoisotopic (exact) mass is 464 g/mol. The molecule has 0 saturated carbocycles. The van der Waals surface area contributed by atoms with Crippen molar-refractivity contribution in [3.63, 3.8) is 0 Å². The Hall–Kier alpha value is -3.23. The number of hydrogen-bond acceptors (Lipinski definition) is 6. The van der Waals surface area contributed by atoms with Crippen LogP contribution in [0.1, 0.15) is 30.1 Å². The van der Waals surface area contributed by atoms with Gasteiger partial charge in [-0.05, 0) is 25.1 Å². The number of piperidine rings is 1. The molecule has 33 heavy (non-hydrogen) atoms. The average Bonchev–Trinajstić information content (AvgIpc) is 3.40. The van der Waals surface area contributed by atoms with Crippen molar-refractivity contribution in [2.45, 2.75) is 31.4 Å². The van der Waals surface area contributed by atoms with Crippen LogP contribution in [0.25, 0.3) is 16.8 Å². The van der Waals surface area contributed by atoms with E-state index in [0.29, 0.717) is 17.1 Å². The first-order chi connectivity index (χ1) is 16.0. The zero-order chi connectivity index (χ0) is 22.7. The summed E-state index contributed by atoms with van der Waals surface area (Å²) in [4.78, 5) is 11.5. The van der Waals surface area contributed by atoms with Crippen molar-refractivity contribution in [3.05, 3.63) is 70.9 Å². The van der Waals surface area contributed by atoms with E-state index in [9.17, 15) is 4.39 Å². The Morgan fingerprint density at radius 2 is 1.97 bits per heavy atom. The number of fused-ring (bicyclic) bond motifs is 2. The summed E-state index contributed by atoms with van der Waals surface area (Å²) in [6.07, 6.45) is 4.96. The third kappa shape index (κ3) is 3.01. The molecule has 1 spiro atoms. The van der Waals surface area contributed by atoms with Gasteiger partial charge in [0.2, 0.25) is 5.88 Å². The highest BCUT2D eigenvalue weighted by Gasteiger charge is 2.49. The van der Waals surface area contributed by atoms with E-state index in [1.807, 2.05) is 25.1 Å². The van der Waals surface area contributed by atoms with Gasteiger partial charge in [-0.1, -0.05) is 29.8 Å². The van der Waals surface area contributed by atoms with E-state index in [1.54, 1.807) is 29.0 Å². The standard InChI is InChI=1S/C24H22ClFN6O/c1-14-20(15-4-2-6-17(26)19(15)25)32-18(7-11-29-32)22(30-14)31-12-8-24(9-13-31)21(27)16-5-3-10-28-23(16)33-24/h2-7,10-11,21H,8-9,12-13,27H2,1H3/t21-/m1/s1. The molecule has 0 aliphatic carbocycles. The first kappa shape index (κ1) is 20.4. The van der Waals surface area contributed by atoms with E-state index in [2.05, 4.69) is 15.0 Å². The van der Waals surface area contributed by atoms with Gasteiger partial charge in [-0.15, -0.1) is 0 Å². The lowest BCUT2D eigenvalue weighted by Gasteiger charge is -2.41. The zero-order valence-electron chi connectivity index (χ0n) is 18.0. The summed E-state index contributed by atoms with van der Waals surface area (Å²) in [6, 6.07) is 10.4. The Kier molecular flexibility index (Phi) is 4.57. The molecule has 9 heteroatoms. The highest BCUT2D eigenvalue weighted by molar-refractivity contribution is 6.33. The number of aromatic nitrogens is 4. The van der Waals surface area contributed by atoms with Crippen molar-refractivity contribution in [3.8, 4) is 17.1 Å². The molecule has 1 fully saturated rings. The van der Waals surface area contributed by atoms with Crippen LogP contribution in [0.3, 0.4) is 0 Å².